The van der Waals surface area contributed by atoms with Crippen molar-refractivity contribution in [2.45, 2.75) is 95.5 Å². The quantitative estimate of drug-likeness (QED) is 0.235. The van der Waals surface area contributed by atoms with Gasteiger partial charge >= 0.3 is 5.97 Å². The van der Waals surface area contributed by atoms with Crippen LogP contribution in [0.3, 0.4) is 0 Å². The van der Waals surface area contributed by atoms with Crippen LogP contribution in [0.5, 0.6) is 0 Å². The maximum Gasteiger partial charge on any atom is 0.311 e. The maximum absolute atomic E-state index is 12.5. The van der Waals surface area contributed by atoms with Gasteiger partial charge in [0.2, 0.25) is 0 Å². The molecule has 2 aromatic rings. The van der Waals surface area contributed by atoms with E-state index in [9.17, 15) is 9.90 Å². The molecule has 2 saturated heterocycles. The van der Waals surface area contributed by atoms with E-state index in [2.05, 4.69) is 65.6 Å². The third kappa shape index (κ3) is 8.34. The normalized spacial score (nSPS) is 28.3. The minimum atomic E-state index is -0.688. The Labute approximate surface area is 257 Å². The molecule has 2 unspecified atom stereocenters. The van der Waals surface area contributed by atoms with E-state index in [-0.39, 0.29) is 36.2 Å². The number of hydrogen-bond acceptors (Lipinski definition) is 7. The fourth-order valence-corrected chi connectivity index (χ4v) is 7.08. The second-order valence-electron chi connectivity index (χ2n) is 12.7. The summed E-state index contributed by atoms with van der Waals surface area (Å²) in [6, 6.07) is 19.1. The molecule has 7 nitrogen and oxygen atoms in total. The second-order valence-corrected chi connectivity index (χ2v) is 12.7. The van der Waals surface area contributed by atoms with Crippen LogP contribution in [0.25, 0.3) is 11.1 Å². The Balaban J connectivity index is 1.20. The summed E-state index contributed by atoms with van der Waals surface area (Å²) in [6.45, 7) is 6.73. The van der Waals surface area contributed by atoms with Gasteiger partial charge in [-0.15, -0.1) is 0 Å². The third-order valence-corrected chi connectivity index (χ3v) is 9.33. The molecule has 7 heteroatoms. The Morgan fingerprint density at radius 3 is 2.44 bits per heavy atom. The number of rotatable bonds is 12. The molecule has 43 heavy (non-hydrogen) atoms. The number of carbonyl (C=O) groups excluding carboxylic acids is 1. The molecule has 2 aliphatic heterocycles. The van der Waals surface area contributed by atoms with Crippen LogP contribution < -0.4 is 0 Å². The molecule has 0 radical (unpaired) electrons. The van der Waals surface area contributed by atoms with E-state index in [1.165, 1.54) is 37.5 Å². The first-order valence-corrected chi connectivity index (χ1v) is 16.1. The molecule has 2 aromatic carbocycles. The summed E-state index contributed by atoms with van der Waals surface area (Å²) in [5.41, 5.74) is 3.54. The predicted molar refractivity (Wildman–Crippen MR) is 167 cm³/mol. The Bertz CT molecular complexity index is 1180. The lowest BCUT2D eigenvalue weighted by molar-refractivity contribution is -0.161. The average Bonchev–Trinajstić information content (AvgIpc) is 3.55. The highest BCUT2D eigenvalue weighted by Crippen LogP contribution is 2.38. The van der Waals surface area contributed by atoms with Gasteiger partial charge in [0.05, 0.1) is 44.6 Å². The Morgan fingerprint density at radius 2 is 1.77 bits per heavy atom. The van der Waals surface area contributed by atoms with Gasteiger partial charge in [-0.25, -0.2) is 0 Å². The Hall–Kier alpha value is -2.55. The van der Waals surface area contributed by atoms with Crippen molar-refractivity contribution < 1.29 is 28.8 Å². The van der Waals surface area contributed by atoms with Crippen molar-refractivity contribution in [2.24, 2.45) is 11.8 Å². The Morgan fingerprint density at radius 1 is 1.05 bits per heavy atom. The molecule has 2 heterocycles. The first kappa shape index (κ1) is 31.9. The first-order valence-electron chi connectivity index (χ1n) is 16.1. The zero-order chi connectivity index (χ0) is 30.2. The summed E-state index contributed by atoms with van der Waals surface area (Å²) in [5.74, 6) is -1.12. The van der Waals surface area contributed by atoms with E-state index in [0.29, 0.717) is 26.1 Å². The molecule has 5 rings (SSSR count). The number of esters is 1. The Kier molecular flexibility index (Phi) is 11.1. The zero-order valence-corrected chi connectivity index (χ0v) is 26.0. The highest BCUT2D eigenvalue weighted by Gasteiger charge is 2.46. The van der Waals surface area contributed by atoms with Crippen LogP contribution in [0.1, 0.15) is 64.4 Å². The van der Waals surface area contributed by atoms with E-state index in [4.69, 9.17) is 18.9 Å². The number of nitrogens with zero attached hydrogens (tertiary/aromatic N) is 1. The molecule has 0 spiro atoms. The van der Waals surface area contributed by atoms with Crippen LogP contribution in [0.4, 0.5) is 0 Å². The second kappa shape index (κ2) is 15.0. The van der Waals surface area contributed by atoms with Gasteiger partial charge < -0.3 is 24.1 Å². The molecular formula is C36H49NO6. The third-order valence-electron chi connectivity index (χ3n) is 9.33. The van der Waals surface area contributed by atoms with Crippen molar-refractivity contribution >= 4 is 5.97 Å². The van der Waals surface area contributed by atoms with Crippen molar-refractivity contribution in [3.63, 3.8) is 0 Å². The number of methoxy groups -OCH3 is 1. The van der Waals surface area contributed by atoms with Gasteiger partial charge in [-0.1, -0.05) is 73.2 Å². The number of hydrogen-bond donors (Lipinski definition) is 1. The monoisotopic (exact) mass is 591 g/mol. The lowest BCUT2D eigenvalue weighted by atomic mass is 9.92. The van der Waals surface area contributed by atoms with Crippen molar-refractivity contribution in [1.29, 1.82) is 0 Å². The van der Waals surface area contributed by atoms with E-state index < -0.39 is 11.7 Å². The number of aliphatic hydroxyl groups excluding tert-OH is 1. The van der Waals surface area contributed by atoms with E-state index in [1.807, 2.05) is 19.9 Å². The molecule has 3 fully saturated rings. The number of carbonyl (C=O) groups is 1. The SMILES string of the molecule is COC(=O)C(CC=CCC[C@@H]1[C@@H](N2CCCCC2)[C@H](O)C[C@@H]1OCc1ccc(-c2ccccc2)cc1)C1COC(C)(C)O1. The minimum Gasteiger partial charge on any atom is -0.469 e. The number of piperidine rings is 1. The number of allylic oxidation sites excluding steroid dienone is 2. The van der Waals surface area contributed by atoms with Gasteiger partial charge in [-0.3, -0.25) is 9.69 Å². The summed E-state index contributed by atoms with van der Waals surface area (Å²) in [6.07, 6.45) is 10.1. The summed E-state index contributed by atoms with van der Waals surface area (Å²) in [4.78, 5) is 15.0. The molecule has 234 valence electrons. The summed E-state index contributed by atoms with van der Waals surface area (Å²) < 4.78 is 23.3. The number of benzene rings is 2. The largest absolute Gasteiger partial charge is 0.469 e. The number of ether oxygens (including phenoxy) is 4. The highest BCUT2D eigenvalue weighted by atomic mass is 16.7. The minimum absolute atomic E-state index is 0.00165. The predicted octanol–water partition coefficient (Wildman–Crippen LogP) is 6.14. The summed E-state index contributed by atoms with van der Waals surface area (Å²) >= 11 is 0. The van der Waals surface area contributed by atoms with Crippen molar-refractivity contribution in [3.05, 3.63) is 72.3 Å². The molecule has 0 aromatic heterocycles. The molecule has 3 aliphatic rings. The van der Waals surface area contributed by atoms with Crippen LogP contribution in [-0.4, -0.2) is 72.9 Å². The van der Waals surface area contributed by atoms with E-state index >= 15 is 0 Å². The van der Waals surface area contributed by atoms with Gasteiger partial charge in [0.1, 0.15) is 0 Å². The molecule has 1 aliphatic carbocycles. The van der Waals surface area contributed by atoms with Crippen molar-refractivity contribution in [1.82, 2.24) is 4.90 Å². The molecular weight excluding hydrogens is 542 g/mol. The average molecular weight is 592 g/mol. The van der Waals surface area contributed by atoms with Crippen LogP contribution in [0, 0.1) is 11.8 Å². The van der Waals surface area contributed by atoms with Crippen LogP contribution in [0.15, 0.2) is 66.7 Å². The zero-order valence-electron chi connectivity index (χ0n) is 26.0. The number of likely N-dealkylation sites (tertiary alicyclic amines) is 1. The number of aliphatic hydroxyl groups is 1. The van der Waals surface area contributed by atoms with Gasteiger partial charge in [-0.05, 0) is 75.7 Å². The fourth-order valence-electron chi connectivity index (χ4n) is 7.08. The van der Waals surface area contributed by atoms with Crippen LogP contribution in [-0.2, 0) is 30.3 Å². The van der Waals surface area contributed by atoms with E-state index in [0.717, 1.165) is 31.5 Å². The highest BCUT2D eigenvalue weighted by molar-refractivity contribution is 5.73. The first-order chi connectivity index (χ1) is 20.8. The molecule has 6 atom stereocenters. The molecule has 0 bridgehead atoms. The maximum atomic E-state index is 12.5. The molecule has 1 saturated carbocycles. The van der Waals surface area contributed by atoms with Crippen LogP contribution >= 0.6 is 0 Å². The molecule has 1 N–H and O–H groups in total. The van der Waals surface area contributed by atoms with Crippen molar-refractivity contribution in [2.75, 3.05) is 26.8 Å². The standard InChI is InChI=1S/C36H49NO6/c1-36(2)42-25-33(43-36)30(35(39)40-3)16-10-5-9-15-29-32(23-31(38)34(29)37-21-11-6-12-22-37)41-24-26-17-19-28(20-18-26)27-13-7-4-8-14-27/h4-5,7-8,10,13-14,17-20,29-34,38H,6,9,11-12,15-16,21-25H2,1-3H3/t29-,30?,31+,32-,33?,34+/m0/s1. The summed E-state index contributed by atoms with van der Waals surface area (Å²) in [5, 5.41) is 11.3. The fraction of sp³-hybridized carbons (Fsp3) is 0.583. The van der Waals surface area contributed by atoms with Gasteiger partial charge in [0.15, 0.2) is 5.79 Å². The van der Waals surface area contributed by atoms with Gasteiger partial charge in [-0.2, -0.15) is 0 Å². The van der Waals surface area contributed by atoms with E-state index in [1.54, 1.807) is 0 Å². The lowest BCUT2D eigenvalue weighted by Gasteiger charge is -2.38. The van der Waals surface area contributed by atoms with Gasteiger partial charge in [0, 0.05) is 18.4 Å². The summed E-state index contributed by atoms with van der Waals surface area (Å²) in [7, 11) is 1.42. The lowest BCUT2D eigenvalue weighted by Crippen LogP contribution is -2.47. The van der Waals surface area contributed by atoms with Crippen molar-refractivity contribution in [3.8, 4) is 11.1 Å². The topological polar surface area (TPSA) is 77.5 Å². The van der Waals surface area contributed by atoms with Crippen LogP contribution in [0.2, 0.25) is 0 Å². The smallest absolute Gasteiger partial charge is 0.311 e. The molecule has 0 amide bonds. The van der Waals surface area contributed by atoms with Gasteiger partial charge in [0.25, 0.3) is 0 Å².